The summed E-state index contributed by atoms with van der Waals surface area (Å²) in [5.41, 5.74) is 2.54. The fourth-order valence-electron chi connectivity index (χ4n) is 1.13. The van der Waals surface area contributed by atoms with Gasteiger partial charge in [0.05, 0.1) is 25.2 Å². The van der Waals surface area contributed by atoms with Gasteiger partial charge >= 0.3 is 0 Å². The Kier molecular flexibility index (Phi) is 4.31. The molecule has 0 saturated carbocycles. The number of rotatable bonds is 4. The van der Waals surface area contributed by atoms with Gasteiger partial charge < -0.3 is 14.7 Å². The molecule has 0 amide bonds. The van der Waals surface area contributed by atoms with Crippen LogP contribution in [0.3, 0.4) is 0 Å². The number of phenols is 1. The van der Waals surface area contributed by atoms with Crippen molar-refractivity contribution in [1.29, 1.82) is 0 Å². The van der Waals surface area contributed by atoms with Crippen molar-refractivity contribution in [3.8, 4) is 11.5 Å². The van der Waals surface area contributed by atoms with Gasteiger partial charge in [0.1, 0.15) is 5.82 Å². The highest BCUT2D eigenvalue weighted by molar-refractivity contribution is 9.10. The van der Waals surface area contributed by atoms with Crippen LogP contribution in [0, 0.1) is 5.82 Å². The topological polar surface area (TPSA) is 50.7 Å². The van der Waals surface area contributed by atoms with E-state index in [1.807, 2.05) is 0 Å². The van der Waals surface area contributed by atoms with Crippen LogP contribution in [0.15, 0.2) is 10.5 Å². The first-order valence-electron chi connectivity index (χ1n) is 4.11. The number of aromatic hydroxyl groups is 1. The van der Waals surface area contributed by atoms with Crippen molar-refractivity contribution in [2.45, 2.75) is 6.54 Å². The molecule has 0 heterocycles. The Morgan fingerprint density at radius 2 is 2.20 bits per heavy atom. The number of halogens is 2. The average Bonchev–Trinajstić information content (AvgIpc) is 2.17. The van der Waals surface area contributed by atoms with Crippen molar-refractivity contribution in [3.63, 3.8) is 0 Å². The minimum Gasteiger partial charge on any atom is -0.504 e. The van der Waals surface area contributed by atoms with Crippen molar-refractivity contribution in [2.24, 2.45) is 0 Å². The molecule has 0 bridgehead atoms. The predicted octanol–water partition coefficient (Wildman–Crippen LogP) is 1.95. The van der Waals surface area contributed by atoms with Gasteiger partial charge in [-0.2, -0.15) is 5.48 Å². The lowest BCUT2D eigenvalue weighted by Gasteiger charge is -2.11. The molecule has 4 nitrogen and oxygen atoms in total. The number of ether oxygens (including phenoxy) is 1. The smallest absolute Gasteiger partial charge is 0.175 e. The van der Waals surface area contributed by atoms with Crippen LogP contribution in [0.2, 0.25) is 0 Å². The van der Waals surface area contributed by atoms with E-state index in [0.717, 1.165) is 0 Å². The number of hydrogen-bond donors (Lipinski definition) is 2. The Hall–Kier alpha value is -0.850. The largest absolute Gasteiger partial charge is 0.504 e. The van der Waals surface area contributed by atoms with Crippen LogP contribution in [0.5, 0.6) is 11.5 Å². The highest BCUT2D eigenvalue weighted by atomic mass is 79.9. The SMILES string of the molecule is CONCc1c(F)cc(Br)c(OC)c1O. The lowest BCUT2D eigenvalue weighted by molar-refractivity contribution is 0.0852. The number of hydroxylamine groups is 1. The molecule has 84 valence electrons. The van der Waals surface area contributed by atoms with Crippen molar-refractivity contribution in [3.05, 3.63) is 21.9 Å². The lowest BCUT2D eigenvalue weighted by atomic mass is 10.1. The second-order valence-corrected chi connectivity index (χ2v) is 3.58. The zero-order valence-electron chi connectivity index (χ0n) is 8.30. The summed E-state index contributed by atoms with van der Waals surface area (Å²) in [4.78, 5) is 4.58. The second kappa shape index (κ2) is 5.29. The van der Waals surface area contributed by atoms with E-state index in [1.54, 1.807) is 0 Å². The molecule has 0 aliphatic rings. The van der Waals surface area contributed by atoms with Gasteiger partial charge in [-0.15, -0.1) is 0 Å². The summed E-state index contributed by atoms with van der Waals surface area (Å²) in [6.07, 6.45) is 0. The first-order chi connectivity index (χ1) is 7.11. The molecule has 0 fully saturated rings. The third-order valence-electron chi connectivity index (χ3n) is 1.86. The lowest BCUT2D eigenvalue weighted by Crippen LogP contribution is -2.12. The fourth-order valence-corrected chi connectivity index (χ4v) is 1.68. The predicted molar refractivity (Wildman–Crippen MR) is 56.2 cm³/mol. The molecule has 15 heavy (non-hydrogen) atoms. The van der Waals surface area contributed by atoms with Crippen LogP contribution < -0.4 is 10.2 Å². The summed E-state index contributed by atoms with van der Waals surface area (Å²) >= 11 is 3.08. The van der Waals surface area contributed by atoms with E-state index in [1.165, 1.54) is 20.3 Å². The molecular weight excluding hydrogens is 269 g/mol. The van der Waals surface area contributed by atoms with Gasteiger partial charge in [-0.05, 0) is 22.0 Å². The summed E-state index contributed by atoms with van der Waals surface area (Å²) in [7, 11) is 2.80. The average molecular weight is 280 g/mol. The summed E-state index contributed by atoms with van der Waals surface area (Å²) in [6.45, 7) is 0.0534. The third-order valence-corrected chi connectivity index (χ3v) is 2.45. The number of nitrogens with one attached hydrogen (secondary N) is 1. The zero-order valence-corrected chi connectivity index (χ0v) is 9.89. The van der Waals surface area contributed by atoms with Gasteiger partial charge in [0.25, 0.3) is 0 Å². The molecule has 0 aliphatic heterocycles. The molecule has 1 rings (SSSR count). The molecule has 1 aromatic rings. The van der Waals surface area contributed by atoms with Crippen LogP contribution in [-0.4, -0.2) is 19.3 Å². The highest BCUT2D eigenvalue weighted by Gasteiger charge is 2.16. The summed E-state index contributed by atoms with van der Waals surface area (Å²) in [5, 5.41) is 9.69. The molecule has 0 aromatic heterocycles. The molecule has 2 N–H and O–H groups in total. The minimum atomic E-state index is -0.537. The Morgan fingerprint density at radius 3 is 2.73 bits per heavy atom. The Morgan fingerprint density at radius 1 is 1.53 bits per heavy atom. The maximum absolute atomic E-state index is 13.4. The maximum atomic E-state index is 13.4. The minimum absolute atomic E-state index is 0.0534. The molecule has 1 aromatic carbocycles. The molecule has 0 atom stereocenters. The number of phenolic OH excluding ortho intramolecular Hbond substituents is 1. The van der Waals surface area contributed by atoms with Crippen molar-refractivity contribution < 1.29 is 19.1 Å². The first-order valence-corrected chi connectivity index (χ1v) is 4.90. The van der Waals surface area contributed by atoms with E-state index in [-0.39, 0.29) is 23.6 Å². The zero-order chi connectivity index (χ0) is 11.4. The number of methoxy groups -OCH3 is 1. The Labute approximate surface area is 95.1 Å². The summed E-state index contributed by atoms with van der Waals surface area (Å²) < 4.78 is 18.7. The molecule has 0 saturated heterocycles. The molecule has 0 unspecified atom stereocenters. The summed E-state index contributed by atoms with van der Waals surface area (Å²) in [6, 6.07) is 1.23. The fraction of sp³-hybridized carbons (Fsp3) is 0.333. The van der Waals surface area contributed by atoms with Crippen LogP contribution in [0.25, 0.3) is 0 Å². The van der Waals surface area contributed by atoms with Gasteiger partial charge in [0.2, 0.25) is 0 Å². The van der Waals surface area contributed by atoms with Crippen molar-refractivity contribution in [1.82, 2.24) is 5.48 Å². The maximum Gasteiger partial charge on any atom is 0.175 e. The van der Waals surface area contributed by atoms with Gasteiger partial charge in [0.15, 0.2) is 11.5 Å². The molecule has 0 aliphatic carbocycles. The highest BCUT2D eigenvalue weighted by Crippen LogP contribution is 2.38. The number of benzene rings is 1. The molecule has 0 radical (unpaired) electrons. The summed E-state index contributed by atoms with van der Waals surface area (Å²) in [5.74, 6) is -0.581. The van der Waals surface area contributed by atoms with Gasteiger partial charge in [-0.3, -0.25) is 0 Å². The van der Waals surface area contributed by atoms with E-state index in [4.69, 9.17) is 4.74 Å². The van der Waals surface area contributed by atoms with E-state index >= 15 is 0 Å². The van der Waals surface area contributed by atoms with E-state index in [0.29, 0.717) is 4.47 Å². The van der Waals surface area contributed by atoms with Crippen molar-refractivity contribution in [2.75, 3.05) is 14.2 Å². The molecule has 0 spiro atoms. The quantitative estimate of drug-likeness (QED) is 0.828. The van der Waals surface area contributed by atoms with Gasteiger partial charge in [-0.1, -0.05) is 0 Å². The standard InChI is InChI=1S/C9H11BrFNO3/c1-14-9-6(10)3-7(11)5(8(9)13)4-12-15-2/h3,12-13H,4H2,1-2H3. The second-order valence-electron chi connectivity index (χ2n) is 2.73. The van der Waals surface area contributed by atoms with E-state index in [9.17, 15) is 9.50 Å². The monoisotopic (exact) mass is 279 g/mol. The van der Waals surface area contributed by atoms with Crippen LogP contribution in [0.4, 0.5) is 4.39 Å². The Bertz CT molecular complexity index is 360. The van der Waals surface area contributed by atoms with Crippen LogP contribution in [0.1, 0.15) is 5.56 Å². The van der Waals surface area contributed by atoms with Crippen LogP contribution in [-0.2, 0) is 11.4 Å². The van der Waals surface area contributed by atoms with Gasteiger partial charge in [-0.25, -0.2) is 4.39 Å². The molecular formula is C9H11BrFNO3. The van der Waals surface area contributed by atoms with Gasteiger partial charge in [0, 0.05) is 5.56 Å². The Balaban J connectivity index is 3.14. The van der Waals surface area contributed by atoms with E-state index < -0.39 is 5.82 Å². The van der Waals surface area contributed by atoms with E-state index in [2.05, 4.69) is 26.2 Å². The molecule has 6 heteroatoms. The normalized spacial score (nSPS) is 10.4. The van der Waals surface area contributed by atoms with Crippen LogP contribution >= 0.6 is 15.9 Å². The van der Waals surface area contributed by atoms with Crippen molar-refractivity contribution >= 4 is 15.9 Å². The third kappa shape index (κ3) is 2.58. The first kappa shape index (κ1) is 12.2. The number of hydrogen-bond acceptors (Lipinski definition) is 4.